The molecule has 0 bridgehead atoms. The molecule has 0 aliphatic carbocycles. The summed E-state index contributed by atoms with van der Waals surface area (Å²) in [5.74, 6) is 1.32. The Hall–Kier alpha value is -1.50. The summed E-state index contributed by atoms with van der Waals surface area (Å²) in [6.45, 7) is 9.81. The van der Waals surface area contributed by atoms with Crippen LogP contribution < -0.4 is 10.6 Å². The van der Waals surface area contributed by atoms with Gasteiger partial charge in [0, 0.05) is 39.8 Å². The highest BCUT2D eigenvalue weighted by Gasteiger charge is 2.27. The molecule has 0 aromatic carbocycles. The molecule has 150 valence electrons. The van der Waals surface area contributed by atoms with Gasteiger partial charge in [-0.05, 0) is 58.8 Å². The van der Waals surface area contributed by atoms with Crippen molar-refractivity contribution < 1.29 is 14.3 Å². The van der Waals surface area contributed by atoms with Crippen molar-refractivity contribution in [1.82, 2.24) is 15.5 Å². The molecule has 0 saturated carbocycles. The number of guanidine groups is 1. The van der Waals surface area contributed by atoms with E-state index < -0.39 is 5.60 Å². The van der Waals surface area contributed by atoms with Crippen molar-refractivity contribution in [2.24, 2.45) is 10.9 Å². The van der Waals surface area contributed by atoms with Gasteiger partial charge in [0.2, 0.25) is 0 Å². The third-order valence-corrected chi connectivity index (χ3v) is 4.76. The van der Waals surface area contributed by atoms with Crippen LogP contribution in [0.25, 0.3) is 0 Å². The van der Waals surface area contributed by atoms with Crippen molar-refractivity contribution in [3.63, 3.8) is 0 Å². The molecule has 2 unspecified atom stereocenters. The predicted octanol–water partition coefficient (Wildman–Crippen LogP) is 2.37. The van der Waals surface area contributed by atoms with Gasteiger partial charge >= 0.3 is 6.09 Å². The summed E-state index contributed by atoms with van der Waals surface area (Å²) in [6.07, 6.45) is 5.58. The number of likely N-dealkylation sites (tertiary alicyclic amines) is 1. The molecular formula is C19H36N4O3. The molecule has 7 heteroatoms. The summed E-state index contributed by atoms with van der Waals surface area (Å²) >= 11 is 0. The minimum atomic E-state index is -0.438. The van der Waals surface area contributed by atoms with Crippen LogP contribution in [0.15, 0.2) is 4.99 Å². The Bertz CT molecular complexity index is 470. The Morgan fingerprint density at radius 2 is 2.08 bits per heavy atom. The van der Waals surface area contributed by atoms with Crippen molar-refractivity contribution >= 4 is 12.1 Å². The average molecular weight is 369 g/mol. The second-order valence-electron chi connectivity index (χ2n) is 8.24. The van der Waals surface area contributed by atoms with Gasteiger partial charge in [0.05, 0.1) is 6.10 Å². The normalized spacial score (nSPS) is 24.5. The highest BCUT2D eigenvalue weighted by molar-refractivity contribution is 5.79. The number of hydrogen-bond donors (Lipinski definition) is 2. The van der Waals surface area contributed by atoms with Crippen molar-refractivity contribution in [1.29, 1.82) is 0 Å². The SMILES string of the molecule is CN=C(NCCC1CCCN(C(=O)OC(C)(C)C)C1)NCC1CCCO1. The minimum absolute atomic E-state index is 0.191. The van der Waals surface area contributed by atoms with Crippen LogP contribution >= 0.6 is 0 Å². The van der Waals surface area contributed by atoms with E-state index in [-0.39, 0.29) is 6.09 Å². The summed E-state index contributed by atoms with van der Waals surface area (Å²) in [5, 5.41) is 6.70. The zero-order valence-electron chi connectivity index (χ0n) is 16.8. The lowest BCUT2D eigenvalue weighted by atomic mass is 9.95. The number of carbonyl (C=O) groups is 1. The molecule has 0 aromatic rings. The van der Waals surface area contributed by atoms with Gasteiger partial charge in [0.1, 0.15) is 5.60 Å². The number of hydrogen-bond acceptors (Lipinski definition) is 4. The Balaban J connectivity index is 1.66. The maximum Gasteiger partial charge on any atom is 0.410 e. The minimum Gasteiger partial charge on any atom is -0.444 e. The molecule has 7 nitrogen and oxygen atoms in total. The van der Waals surface area contributed by atoms with E-state index in [4.69, 9.17) is 9.47 Å². The molecule has 2 N–H and O–H groups in total. The van der Waals surface area contributed by atoms with Gasteiger partial charge in [-0.1, -0.05) is 0 Å². The summed E-state index contributed by atoms with van der Waals surface area (Å²) in [6, 6.07) is 0. The Labute approximate surface area is 157 Å². The zero-order valence-corrected chi connectivity index (χ0v) is 16.8. The average Bonchev–Trinajstić information content (AvgIpc) is 3.10. The van der Waals surface area contributed by atoms with Gasteiger partial charge < -0.3 is 25.0 Å². The predicted molar refractivity (Wildman–Crippen MR) is 103 cm³/mol. The number of piperidine rings is 1. The second kappa shape index (κ2) is 10.00. The van der Waals surface area contributed by atoms with Crippen molar-refractivity contribution in [3.8, 4) is 0 Å². The summed E-state index contributed by atoms with van der Waals surface area (Å²) < 4.78 is 11.1. The van der Waals surface area contributed by atoms with Gasteiger partial charge in [-0.2, -0.15) is 0 Å². The standard InChI is InChI=1S/C19H36N4O3/c1-19(2,3)26-18(24)23-11-5-7-15(14-23)9-10-21-17(20-4)22-13-16-8-6-12-25-16/h15-16H,5-14H2,1-4H3,(H2,20,21,22). The summed E-state index contributed by atoms with van der Waals surface area (Å²) in [4.78, 5) is 18.4. The van der Waals surface area contributed by atoms with E-state index in [9.17, 15) is 4.79 Å². The van der Waals surface area contributed by atoms with Crippen LogP contribution in [0.4, 0.5) is 4.79 Å². The maximum atomic E-state index is 12.2. The van der Waals surface area contributed by atoms with Crippen LogP contribution in [0.1, 0.15) is 52.9 Å². The zero-order chi connectivity index (χ0) is 19.0. The summed E-state index contributed by atoms with van der Waals surface area (Å²) in [5.41, 5.74) is -0.438. The van der Waals surface area contributed by atoms with Crippen molar-refractivity contribution in [2.75, 3.05) is 39.8 Å². The molecule has 2 heterocycles. The largest absolute Gasteiger partial charge is 0.444 e. The molecule has 0 spiro atoms. The lowest BCUT2D eigenvalue weighted by Gasteiger charge is -2.34. The highest BCUT2D eigenvalue weighted by atomic mass is 16.6. The second-order valence-corrected chi connectivity index (χ2v) is 8.24. The van der Waals surface area contributed by atoms with Crippen LogP contribution in [-0.4, -0.2) is 68.5 Å². The maximum absolute atomic E-state index is 12.2. The Morgan fingerprint density at radius 1 is 1.27 bits per heavy atom. The first-order valence-electron chi connectivity index (χ1n) is 9.91. The van der Waals surface area contributed by atoms with Crippen LogP contribution in [0.3, 0.4) is 0 Å². The van der Waals surface area contributed by atoms with E-state index in [0.717, 1.165) is 70.8 Å². The molecule has 1 amide bonds. The molecule has 2 atom stereocenters. The van der Waals surface area contributed by atoms with E-state index in [1.54, 1.807) is 7.05 Å². The van der Waals surface area contributed by atoms with E-state index in [2.05, 4.69) is 15.6 Å². The first-order chi connectivity index (χ1) is 12.4. The molecule has 26 heavy (non-hydrogen) atoms. The molecule has 2 aliphatic rings. The lowest BCUT2D eigenvalue weighted by molar-refractivity contribution is 0.0162. The van der Waals surface area contributed by atoms with E-state index >= 15 is 0 Å². The summed E-state index contributed by atoms with van der Waals surface area (Å²) in [7, 11) is 1.79. The fourth-order valence-electron chi connectivity index (χ4n) is 3.42. The number of rotatable bonds is 5. The number of nitrogens with one attached hydrogen (secondary N) is 2. The molecule has 0 aromatic heterocycles. The van der Waals surface area contributed by atoms with Crippen LogP contribution in [-0.2, 0) is 9.47 Å². The number of aliphatic imine (C=N–C) groups is 1. The number of carbonyl (C=O) groups excluding carboxylic acids is 1. The van der Waals surface area contributed by atoms with E-state index in [1.165, 1.54) is 0 Å². The van der Waals surface area contributed by atoms with Gasteiger partial charge in [-0.3, -0.25) is 4.99 Å². The van der Waals surface area contributed by atoms with Gasteiger partial charge in [-0.25, -0.2) is 4.79 Å². The topological polar surface area (TPSA) is 75.2 Å². The van der Waals surface area contributed by atoms with Crippen LogP contribution in [0.5, 0.6) is 0 Å². The molecular weight excluding hydrogens is 332 g/mol. The highest BCUT2D eigenvalue weighted by Crippen LogP contribution is 2.21. The van der Waals surface area contributed by atoms with E-state index in [0.29, 0.717) is 12.0 Å². The molecule has 2 saturated heterocycles. The number of amides is 1. The van der Waals surface area contributed by atoms with Gasteiger partial charge in [0.25, 0.3) is 0 Å². The fraction of sp³-hybridized carbons (Fsp3) is 0.895. The molecule has 2 aliphatic heterocycles. The lowest BCUT2D eigenvalue weighted by Crippen LogP contribution is -2.44. The van der Waals surface area contributed by atoms with Crippen molar-refractivity contribution in [2.45, 2.75) is 64.6 Å². The quantitative estimate of drug-likeness (QED) is 0.576. The molecule has 2 fully saturated rings. The van der Waals surface area contributed by atoms with Gasteiger partial charge in [-0.15, -0.1) is 0 Å². The van der Waals surface area contributed by atoms with E-state index in [1.807, 2.05) is 25.7 Å². The number of nitrogens with zero attached hydrogens (tertiary/aromatic N) is 2. The smallest absolute Gasteiger partial charge is 0.410 e. The first kappa shape index (κ1) is 20.8. The molecule has 0 radical (unpaired) electrons. The van der Waals surface area contributed by atoms with Crippen LogP contribution in [0, 0.1) is 5.92 Å². The Kier molecular flexibility index (Phi) is 8.00. The van der Waals surface area contributed by atoms with Gasteiger partial charge in [0.15, 0.2) is 5.96 Å². The molecule has 2 rings (SSSR count). The van der Waals surface area contributed by atoms with Crippen molar-refractivity contribution in [3.05, 3.63) is 0 Å². The monoisotopic (exact) mass is 368 g/mol. The fourth-order valence-corrected chi connectivity index (χ4v) is 3.42. The Morgan fingerprint density at radius 3 is 2.73 bits per heavy atom. The third kappa shape index (κ3) is 7.40. The van der Waals surface area contributed by atoms with Crippen LogP contribution in [0.2, 0.25) is 0 Å². The first-order valence-corrected chi connectivity index (χ1v) is 9.91. The third-order valence-electron chi connectivity index (χ3n) is 4.76. The number of ether oxygens (including phenoxy) is 2.